The van der Waals surface area contributed by atoms with Crippen molar-refractivity contribution < 1.29 is 4.79 Å². The lowest BCUT2D eigenvalue weighted by Crippen LogP contribution is -2.28. The average Bonchev–Trinajstić information content (AvgIpc) is 2.59. The molecule has 0 saturated heterocycles. The van der Waals surface area contributed by atoms with E-state index in [1.54, 1.807) is 0 Å². The van der Waals surface area contributed by atoms with Crippen molar-refractivity contribution in [2.24, 2.45) is 5.41 Å². The van der Waals surface area contributed by atoms with Crippen molar-refractivity contribution >= 4 is 5.91 Å². The molecular formula is C10H20N2O. The minimum atomic E-state index is 0.200. The second-order valence-corrected chi connectivity index (χ2v) is 4.52. The van der Waals surface area contributed by atoms with E-state index in [-0.39, 0.29) is 5.91 Å². The molecule has 0 aliphatic heterocycles. The van der Waals surface area contributed by atoms with Gasteiger partial charge in [0.1, 0.15) is 0 Å². The molecule has 3 nitrogen and oxygen atoms in total. The fourth-order valence-electron chi connectivity index (χ4n) is 1.41. The zero-order chi connectivity index (χ0) is 9.90. The van der Waals surface area contributed by atoms with Gasteiger partial charge >= 0.3 is 0 Å². The van der Waals surface area contributed by atoms with Gasteiger partial charge in [0, 0.05) is 12.5 Å². The van der Waals surface area contributed by atoms with Crippen molar-refractivity contribution in [1.29, 1.82) is 0 Å². The summed E-state index contributed by atoms with van der Waals surface area (Å²) in [5.41, 5.74) is 0.346. The van der Waals surface area contributed by atoms with E-state index in [2.05, 4.69) is 24.5 Å². The quantitative estimate of drug-likeness (QED) is 0.623. The van der Waals surface area contributed by atoms with Crippen LogP contribution in [0.2, 0.25) is 0 Å². The number of carbonyl (C=O) groups excluding carboxylic acids is 1. The smallest absolute Gasteiger partial charge is 0.220 e. The fourth-order valence-corrected chi connectivity index (χ4v) is 1.41. The molecule has 1 saturated carbocycles. The number of hydrogen-bond acceptors (Lipinski definition) is 2. The van der Waals surface area contributed by atoms with Crippen molar-refractivity contribution in [2.45, 2.75) is 39.2 Å². The lowest BCUT2D eigenvalue weighted by atomic mass is 10.2. The Morgan fingerprint density at radius 2 is 2.15 bits per heavy atom. The molecular weight excluding hydrogens is 164 g/mol. The van der Waals surface area contributed by atoms with E-state index in [4.69, 9.17) is 0 Å². The van der Waals surface area contributed by atoms with Crippen LogP contribution in [0, 0.1) is 5.41 Å². The SMILES string of the molecule is CNCCCC(=O)NC1CC1(C)C. The lowest BCUT2D eigenvalue weighted by molar-refractivity contribution is -0.121. The Bertz CT molecular complexity index is 189. The third-order valence-corrected chi connectivity index (χ3v) is 2.68. The van der Waals surface area contributed by atoms with Crippen LogP contribution in [0.4, 0.5) is 0 Å². The molecule has 0 aromatic heterocycles. The number of carbonyl (C=O) groups is 1. The molecule has 0 bridgehead atoms. The summed E-state index contributed by atoms with van der Waals surface area (Å²) in [7, 11) is 1.90. The molecule has 76 valence electrons. The van der Waals surface area contributed by atoms with Gasteiger partial charge in [-0.1, -0.05) is 13.8 Å². The number of hydrogen-bond donors (Lipinski definition) is 2. The number of amides is 1. The van der Waals surface area contributed by atoms with Gasteiger partial charge in [-0.25, -0.2) is 0 Å². The predicted molar refractivity (Wildman–Crippen MR) is 53.5 cm³/mol. The molecule has 0 aromatic carbocycles. The maximum Gasteiger partial charge on any atom is 0.220 e. The Morgan fingerprint density at radius 1 is 1.54 bits per heavy atom. The standard InChI is InChI=1S/C10H20N2O/c1-10(2)7-8(10)12-9(13)5-4-6-11-3/h8,11H,4-7H2,1-3H3,(H,12,13). The first-order chi connectivity index (χ1) is 6.06. The minimum Gasteiger partial charge on any atom is -0.353 e. The molecule has 1 unspecified atom stereocenters. The first-order valence-corrected chi connectivity index (χ1v) is 5.00. The summed E-state index contributed by atoms with van der Waals surface area (Å²) in [4.78, 5) is 11.3. The van der Waals surface area contributed by atoms with E-state index in [1.807, 2.05) is 7.05 Å². The van der Waals surface area contributed by atoms with Crippen molar-refractivity contribution in [1.82, 2.24) is 10.6 Å². The Hall–Kier alpha value is -0.570. The first-order valence-electron chi connectivity index (χ1n) is 5.00. The summed E-state index contributed by atoms with van der Waals surface area (Å²) in [6.07, 6.45) is 2.70. The van der Waals surface area contributed by atoms with Crippen LogP contribution in [0.5, 0.6) is 0 Å². The summed E-state index contributed by atoms with van der Waals surface area (Å²) in [6, 6.07) is 0.426. The number of nitrogens with one attached hydrogen (secondary N) is 2. The van der Waals surface area contributed by atoms with E-state index in [0.717, 1.165) is 19.4 Å². The third-order valence-electron chi connectivity index (χ3n) is 2.68. The molecule has 0 spiro atoms. The monoisotopic (exact) mass is 184 g/mol. The second-order valence-electron chi connectivity index (χ2n) is 4.52. The number of rotatable bonds is 5. The van der Waals surface area contributed by atoms with Gasteiger partial charge in [-0.05, 0) is 31.8 Å². The lowest BCUT2D eigenvalue weighted by Gasteiger charge is -2.06. The second kappa shape index (κ2) is 4.09. The maximum atomic E-state index is 11.3. The van der Waals surface area contributed by atoms with E-state index >= 15 is 0 Å². The van der Waals surface area contributed by atoms with Crippen molar-refractivity contribution in [2.75, 3.05) is 13.6 Å². The molecule has 1 aliphatic carbocycles. The van der Waals surface area contributed by atoms with Crippen LogP contribution < -0.4 is 10.6 Å². The average molecular weight is 184 g/mol. The fraction of sp³-hybridized carbons (Fsp3) is 0.900. The summed E-state index contributed by atoms with van der Waals surface area (Å²) < 4.78 is 0. The van der Waals surface area contributed by atoms with E-state index in [9.17, 15) is 4.79 Å². The van der Waals surface area contributed by atoms with Crippen LogP contribution >= 0.6 is 0 Å². The molecule has 1 rings (SSSR count). The minimum absolute atomic E-state index is 0.200. The third kappa shape index (κ3) is 3.35. The molecule has 1 fully saturated rings. The van der Waals surface area contributed by atoms with Gasteiger partial charge in [-0.2, -0.15) is 0 Å². The predicted octanol–water partition coefficient (Wildman–Crippen LogP) is 0.901. The van der Waals surface area contributed by atoms with E-state index in [0.29, 0.717) is 17.9 Å². The van der Waals surface area contributed by atoms with Crippen molar-refractivity contribution in [3.8, 4) is 0 Å². The van der Waals surface area contributed by atoms with E-state index in [1.165, 1.54) is 0 Å². The van der Waals surface area contributed by atoms with Crippen LogP contribution in [0.25, 0.3) is 0 Å². The summed E-state index contributed by atoms with van der Waals surface area (Å²) in [6.45, 7) is 5.29. The summed E-state index contributed by atoms with van der Waals surface area (Å²) in [5, 5.41) is 6.06. The highest BCUT2D eigenvalue weighted by Crippen LogP contribution is 2.44. The van der Waals surface area contributed by atoms with Gasteiger partial charge < -0.3 is 10.6 Å². The van der Waals surface area contributed by atoms with Gasteiger partial charge in [0.25, 0.3) is 0 Å². The van der Waals surface area contributed by atoms with Gasteiger partial charge in [-0.3, -0.25) is 4.79 Å². The Kier molecular flexibility index (Phi) is 3.31. The molecule has 0 heterocycles. The highest BCUT2D eigenvalue weighted by Gasteiger charge is 2.46. The molecule has 1 atom stereocenters. The largest absolute Gasteiger partial charge is 0.353 e. The summed E-state index contributed by atoms with van der Waals surface area (Å²) >= 11 is 0. The van der Waals surface area contributed by atoms with Crippen molar-refractivity contribution in [3.63, 3.8) is 0 Å². The highest BCUT2D eigenvalue weighted by molar-refractivity contribution is 5.76. The Labute approximate surface area is 80.3 Å². The normalized spacial score (nSPS) is 24.1. The molecule has 2 N–H and O–H groups in total. The molecule has 0 aromatic rings. The van der Waals surface area contributed by atoms with Crippen LogP contribution in [-0.4, -0.2) is 25.5 Å². The van der Waals surface area contributed by atoms with Gasteiger partial charge in [0.15, 0.2) is 0 Å². The molecule has 3 heteroatoms. The Balaban J connectivity index is 2.06. The zero-order valence-corrected chi connectivity index (χ0v) is 8.81. The zero-order valence-electron chi connectivity index (χ0n) is 8.81. The van der Waals surface area contributed by atoms with Gasteiger partial charge in [-0.15, -0.1) is 0 Å². The van der Waals surface area contributed by atoms with Gasteiger partial charge in [0.05, 0.1) is 0 Å². The molecule has 13 heavy (non-hydrogen) atoms. The van der Waals surface area contributed by atoms with Crippen molar-refractivity contribution in [3.05, 3.63) is 0 Å². The topological polar surface area (TPSA) is 41.1 Å². The van der Waals surface area contributed by atoms with E-state index < -0.39 is 0 Å². The molecule has 1 amide bonds. The van der Waals surface area contributed by atoms with Crippen LogP contribution in [0.3, 0.4) is 0 Å². The Morgan fingerprint density at radius 3 is 2.62 bits per heavy atom. The van der Waals surface area contributed by atoms with Crippen LogP contribution in [-0.2, 0) is 4.79 Å². The molecule has 0 radical (unpaired) electrons. The maximum absolute atomic E-state index is 11.3. The van der Waals surface area contributed by atoms with Gasteiger partial charge in [0.2, 0.25) is 5.91 Å². The molecule has 1 aliphatic rings. The van der Waals surface area contributed by atoms with Crippen LogP contribution in [0.1, 0.15) is 33.1 Å². The van der Waals surface area contributed by atoms with Crippen LogP contribution in [0.15, 0.2) is 0 Å². The highest BCUT2D eigenvalue weighted by atomic mass is 16.1. The first kappa shape index (κ1) is 10.5. The summed E-state index contributed by atoms with van der Waals surface area (Å²) in [5.74, 6) is 0.200.